The number of aliphatic hydroxyl groups is 1. The minimum atomic E-state index is -0.544. The van der Waals surface area contributed by atoms with Crippen molar-refractivity contribution in [2.24, 2.45) is 0 Å². The molecule has 4 heteroatoms. The van der Waals surface area contributed by atoms with Crippen LogP contribution < -0.4 is 0 Å². The summed E-state index contributed by atoms with van der Waals surface area (Å²) in [6, 6.07) is 10.1. The lowest BCUT2D eigenvalue weighted by Gasteiger charge is -2.10. The molecule has 1 aromatic heterocycles. The number of benzene rings is 1. The number of aromatic nitrogens is 3. The van der Waals surface area contributed by atoms with Crippen molar-refractivity contribution >= 4 is 0 Å². The molecule has 1 heterocycles. The Morgan fingerprint density at radius 2 is 2.06 bits per heavy atom. The van der Waals surface area contributed by atoms with Gasteiger partial charge in [-0.1, -0.05) is 30.3 Å². The lowest BCUT2D eigenvalue weighted by Crippen LogP contribution is -2.10. The topological polar surface area (TPSA) is 50.9 Å². The lowest BCUT2D eigenvalue weighted by molar-refractivity contribution is 0.152. The third kappa shape index (κ3) is 2.91. The maximum atomic E-state index is 10.1. The van der Waals surface area contributed by atoms with Crippen molar-refractivity contribution < 1.29 is 5.11 Å². The van der Waals surface area contributed by atoms with Gasteiger partial charge in [0.15, 0.2) is 5.82 Å². The lowest BCUT2D eigenvalue weighted by atomic mass is 10.1. The summed E-state index contributed by atoms with van der Waals surface area (Å²) in [4.78, 5) is 4.10. The molecule has 0 fully saturated rings. The maximum Gasteiger partial charge on any atom is 0.155 e. The summed E-state index contributed by atoms with van der Waals surface area (Å²) >= 11 is 0. The number of hydrogen-bond donors (Lipinski definition) is 1. The number of rotatable bonds is 5. The Kier molecular flexibility index (Phi) is 3.88. The first kappa shape index (κ1) is 11.8. The molecular formula is C13H17N3O. The zero-order valence-corrected chi connectivity index (χ0v) is 9.95. The highest BCUT2D eigenvalue weighted by molar-refractivity contribution is 5.14. The fraction of sp³-hybridized carbons (Fsp3) is 0.385. The third-order valence-corrected chi connectivity index (χ3v) is 2.79. The molecule has 0 saturated heterocycles. The number of nitrogens with zero attached hydrogens (tertiary/aromatic N) is 3. The van der Waals surface area contributed by atoms with Gasteiger partial charge in [-0.3, -0.25) is 0 Å². The highest BCUT2D eigenvalue weighted by Gasteiger charge is 2.13. The number of aryl methyl sites for hydroxylation is 2. The fourth-order valence-corrected chi connectivity index (χ4v) is 1.85. The zero-order chi connectivity index (χ0) is 12.1. The Morgan fingerprint density at radius 3 is 2.76 bits per heavy atom. The van der Waals surface area contributed by atoms with Gasteiger partial charge >= 0.3 is 0 Å². The van der Waals surface area contributed by atoms with Crippen LogP contribution in [0.25, 0.3) is 0 Å². The van der Waals surface area contributed by atoms with E-state index in [2.05, 4.69) is 22.2 Å². The first-order valence-corrected chi connectivity index (χ1v) is 5.91. The second-order valence-electron chi connectivity index (χ2n) is 3.97. The van der Waals surface area contributed by atoms with E-state index in [1.165, 1.54) is 11.9 Å². The smallest absolute Gasteiger partial charge is 0.155 e. The molecule has 1 atom stereocenters. The minimum absolute atomic E-state index is 0.544. The second kappa shape index (κ2) is 5.59. The summed E-state index contributed by atoms with van der Waals surface area (Å²) in [6.45, 7) is 2.72. The van der Waals surface area contributed by atoms with Gasteiger partial charge in [-0.2, -0.15) is 5.10 Å². The van der Waals surface area contributed by atoms with E-state index in [0.29, 0.717) is 12.2 Å². The maximum absolute atomic E-state index is 10.1. The molecule has 1 aromatic carbocycles. The van der Waals surface area contributed by atoms with Crippen LogP contribution in [-0.4, -0.2) is 19.9 Å². The fourth-order valence-electron chi connectivity index (χ4n) is 1.85. The molecule has 2 rings (SSSR count). The molecule has 0 aliphatic rings. The van der Waals surface area contributed by atoms with Crippen molar-refractivity contribution in [3.63, 3.8) is 0 Å². The van der Waals surface area contributed by atoms with Gasteiger partial charge < -0.3 is 5.11 Å². The van der Waals surface area contributed by atoms with Crippen molar-refractivity contribution in [3.05, 3.63) is 48.0 Å². The van der Waals surface area contributed by atoms with Gasteiger partial charge in [-0.15, -0.1) is 0 Å². The summed E-state index contributed by atoms with van der Waals surface area (Å²) in [5, 5.41) is 14.1. The summed E-state index contributed by atoms with van der Waals surface area (Å²) < 4.78 is 1.73. The van der Waals surface area contributed by atoms with Crippen molar-refractivity contribution in [1.82, 2.24) is 14.8 Å². The molecule has 0 spiro atoms. The van der Waals surface area contributed by atoms with Crippen molar-refractivity contribution in [3.8, 4) is 0 Å². The summed E-state index contributed by atoms with van der Waals surface area (Å²) in [6.07, 6.45) is 2.46. The Balaban J connectivity index is 1.96. The summed E-state index contributed by atoms with van der Waals surface area (Å²) in [7, 11) is 0. The molecule has 0 aliphatic heterocycles. The van der Waals surface area contributed by atoms with Crippen LogP contribution in [0.2, 0.25) is 0 Å². The largest absolute Gasteiger partial charge is 0.385 e. The van der Waals surface area contributed by atoms with Crippen molar-refractivity contribution in [1.29, 1.82) is 0 Å². The molecule has 0 saturated carbocycles. The minimum Gasteiger partial charge on any atom is -0.385 e. The first-order valence-electron chi connectivity index (χ1n) is 5.91. The van der Waals surface area contributed by atoms with Crippen LogP contribution in [0, 0.1) is 0 Å². The van der Waals surface area contributed by atoms with Gasteiger partial charge in [0.25, 0.3) is 0 Å². The molecule has 0 bridgehead atoms. The Labute approximate surface area is 101 Å². The normalized spacial score (nSPS) is 12.6. The standard InChI is InChI=1S/C13H17N3O/c1-2-16-13(14-10-15-16)12(17)9-8-11-6-4-3-5-7-11/h3-7,10,12,17H,2,8-9H2,1H3. The van der Waals surface area contributed by atoms with E-state index >= 15 is 0 Å². The van der Waals surface area contributed by atoms with Crippen LogP contribution in [0.15, 0.2) is 36.7 Å². The highest BCUT2D eigenvalue weighted by atomic mass is 16.3. The highest BCUT2D eigenvalue weighted by Crippen LogP contribution is 2.16. The Morgan fingerprint density at radius 1 is 1.29 bits per heavy atom. The van der Waals surface area contributed by atoms with Gasteiger partial charge in [-0.05, 0) is 25.3 Å². The van der Waals surface area contributed by atoms with Crippen LogP contribution in [-0.2, 0) is 13.0 Å². The molecule has 1 unspecified atom stereocenters. The predicted molar refractivity (Wildman–Crippen MR) is 65.4 cm³/mol. The van der Waals surface area contributed by atoms with E-state index < -0.39 is 6.10 Å². The van der Waals surface area contributed by atoms with Gasteiger partial charge in [0, 0.05) is 6.54 Å². The molecule has 0 radical (unpaired) electrons. The zero-order valence-electron chi connectivity index (χ0n) is 9.95. The van der Waals surface area contributed by atoms with Gasteiger partial charge in [-0.25, -0.2) is 9.67 Å². The molecule has 2 aromatic rings. The van der Waals surface area contributed by atoms with Crippen molar-refractivity contribution in [2.45, 2.75) is 32.4 Å². The van der Waals surface area contributed by atoms with E-state index in [1.54, 1.807) is 4.68 Å². The second-order valence-corrected chi connectivity index (χ2v) is 3.97. The van der Waals surface area contributed by atoms with Crippen LogP contribution in [0.3, 0.4) is 0 Å². The van der Waals surface area contributed by atoms with E-state index in [-0.39, 0.29) is 0 Å². The molecule has 1 N–H and O–H groups in total. The average molecular weight is 231 g/mol. The molecule has 4 nitrogen and oxygen atoms in total. The average Bonchev–Trinajstić information content (AvgIpc) is 2.85. The molecule has 0 aliphatic carbocycles. The first-order chi connectivity index (χ1) is 8.31. The molecule has 17 heavy (non-hydrogen) atoms. The molecule has 90 valence electrons. The van der Waals surface area contributed by atoms with Crippen LogP contribution >= 0.6 is 0 Å². The van der Waals surface area contributed by atoms with Gasteiger partial charge in [0.1, 0.15) is 12.4 Å². The van der Waals surface area contributed by atoms with Crippen LogP contribution in [0.1, 0.15) is 30.8 Å². The summed E-state index contributed by atoms with van der Waals surface area (Å²) in [5.74, 6) is 0.656. The molecule has 0 amide bonds. The number of aliphatic hydroxyl groups excluding tert-OH is 1. The summed E-state index contributed by atoms with van der Waals surface area (Å²) in [5.41, 5.74) is 1.23. The van der Waals surface area contributed by atoms with Gasteiger partial charge in [0.2, 0.25) is 0 Å². The van der Waals surface area contributed by atoms with E-state index in [9.17, 15) is 5.11 Å². The number of hydrogen-bond acceptors (Lipinski definition) is 3. The Hall–Kier alpha value is -1.68. The quantitative estimate of drug-likeness (QED) is 0.855. The molecular weight excluding hydrogens is 214 g/mol. The van der Waals surface area contributed by atoms with E-state index in [1.807, 2.05) is 25.1 Å². The van der Waals surface area contributed by atoms with E-state index in [4.69, 9.17) is 0 Å². The van der Waals surface area contributed by atoms with E-state index in [0.717, 1.165) is 13.0 Å². The third-order valence-electron chi connectivity index (χ3n) is 2.79. The predicted octanol–water partition coefficient (Wildman–Crippen LogP) is 1.96. The van der Waals surface area contributed by atoms with Crippen molar-refractivity contribution in [2.75, 3.05) is 0 Å². The van der Waals surface area contributed by atoms with Crippen LogP contribution in [0.4, 0.5) is 0 Å². The van der Waals surface area contributed by atoms with Crippen LogP contribution in [0.5, 0.6) is 0 Å². The monoisotopic (exact) mass is 231 g/mol. The van der Waals surface area contributed by atoms with Gasteiger partial charge in [0.05, 0.1) is 0 Å². The Bertz CT molecular complexity index is 453. The SMILES string of the molecule is CCn1ncnc1C(O)CCc1ccccc1.